The standard InChI is InChI=1S/C24H26N6O7/c1-24(2,3)37-23(35)29(4)15-11-16(28-19(18(15)25)20(31)22(33)34)27-14-7-6-10-30(21(14)32)17-9-8-13(36-5)12-26-17/h6-12H,25H2,1-5H3,(H,27,28)(H,33,34). The molecule has 3 aromatic rings. The smallest absolute Gasteiger partial charge is 0.414 e. The molecule has 1 amide bonds. The Bertz CT molecular complexity index is 1410. The third kappa shape index (κ3) is 6.01. The minimum Gasteiger partial charge on any atom is -0.495 e. The zero-order chi connectivity index (χ0) is 27.5. The number of aromatic nitrogens is 3. The Morgan fingerprint density at radius 2 is 1.89 bits per heavy atom. The number of carboxylic acid groups (broad SMARTS) is 1. The second-order valence-corrected chi connectivity index (χ2v) is 8.74. The van der Waals surface area contributed by atoms with Crippen LogP contribution < -0.4 is 26.2 Å². The lowest BCUT2D eigenvalue weighted by molar-refractivity contribution is -0.131. The molecule has 0 aliphatic heterocycles. The van der Waals surface area contributed by atoms with Gasteiger partial charge in [-0.2, -0.15) is 0 Å². The number of rotatable bonds is 7. The summed E-state index contributed by atoms with van der Waals surface area (Å²) in [6.07, 6.45) is 2.14. The van der Waals surface area contributed by atoms with Gasteiger partial charge in [-0.3, -0.25) is 19.1 Å². The highest BCUT2D eigenvalue weighted by Gasteiger charge is 2.28. The van der Waals surface area contributed by atoms with Gasteiger partial charge in [0.15, 0.2) is 0 Å². The van der Waals surface area contributed by atoms with E-state index in [1.54, 1.807) is 39.0 Å². The van der Waals surface area contributed by atoms with Crippen molar-refractivity contribution in [3.05, 3.63) is 58.8 Å². The van der Waals surface area contributed by atoms with Crippen LogP contribution in [0.4, 0.5) is 27.7 Å². The number of anilines is 4. The highest BCUT2D eigenvalue weighted by Crippen LogP contribution is 2.30. The molecule has 0 aromatic carbocycles. The van der Waals surface area contributed by atoms with Crippen LogP contribution in [0.3, 0.4) is 0 Å². The predicted molar refractivity (Wildman–Crippen MR) is 135 cm³/mol. The number of nitrogens with two attached hydrogens (primary N) is 1. The van der Waals surface area contributed by atoms with Crippen molar-refractivity contribution in [3.8, 4) is 11.6 Å². The second kappa shape index (κ2) is 10.4. The van der Waals surface area contributed by atoms with Crippen LogP contribution in [-0.2, 0) is 9.53 Å². The van der Waals surface area contributed by atoms with Crippen molar-refractivity contribution in [1.82, 2.24) is 14.5 Å². The molecule has 0 aliphatic rings. The molecule has 13 nitrogen and oxygen atoms in total. The van der Waals surface area contributed by atoms with Gasteiger partial charge >= 0.3 is 12.1 Å². The van der Waals surface area contributed by atoms with Crippen LogP contribution in [0.1, 0.15) is 31.3 Å². The van der Waals surface area contributed by atoms with Gasteiger partial charge in [0.2, 0.25) is 0 Å². The van der Waals surface area contributed by atoms with Gasteiger partial charge in [0, 0.05) is 19.3 Å². The van der Waals surface area contributed by atoms with E-state index in [0.717, 1.165) is 4.90 Å². The van der Waals surface area contributed by atoms with Crippen molar-refractivity contribution in [2.45, 2.75) is 26.4 Å². The number of carboxylic acids is 1. The first-order chi connectivity index (χ1) is 17.3. The van der Waals surface area contributed by atoms with Crippen molar-refractivity contribution in [1.29, 1.82) is 0 Å². The molecule has 3 rings (SSSR count). The summed E-state index contributed by atoms with van der Waals surface area (Å²) in [5.41, 5.74) is 3.69. The van der Waals surface area contributed by atoms with Gasteiger partial charge in [-0.05, 0) is 45.0 Å². The molecule has 3 aromatic heterocycles. The zero-order valence-corrected chi connectivity index (χ0v) is 20.8. The topological polar surface area (TPSA) is 179 Å². The number of ketones is 1. The van der Waals surface area contributed by atoms with Crippen molar-refractivity contribution in [3.63, 3.8) is 0 Å². The monoisotopic (exact) mass is 510 g/mol. The molecule has 37 heavy (non-hydrogen) atoms. The fourth-order valence-corrected chi connectivity index (χ4v) is 3.13. The third-order valence-electron chi connectivity index (χ3n) is 4.89. The maximum Gasteiger partial charge on any atom is 0.414 e. The number of amides is 1. The van der Waals surface area contributed by atoms with Gasteiger partial charge in [-0.25, -0.2) is 19.6 Å². The Hall–Kier alpha value is -4.94. The Kier molecular flexibility index (Phi) is 7.46. The molecule has 13 heteroatoms. The van der Waals surface area contributed by atoms with Gasteiger partial charge in [0.05, 0.1) is 24.7 Å². The molecule has 194 valence electrons. The van der Waals surface area contributed by atoms with Crippen LogP contribution in [-0.4, -0.2) is 57.2 Å². The second-order valence-electron chi connectivity index (χ2n) is 8.74. The van der Waals surface area contributed by atoms with E-state index >= 15 is 0 Å². The van der Waals surface area contributed by atoms with Crippen molar-refractivity contribution in [2.75, 3.05) is 30.1 Å². The van der Waals surface area contributed by atoms with Gasteiger partial charge in [-0.15, -0.1) is 0 Å². The molecule has 0 saturated carbocycles. The van der Waals surface area contributed by atoms with Crippen LogP contribution >= 0.6 is 0 Å². The first kappa shape index (κ1) is 26.7. The number of hydrogen-bond acceptors (Lipinski definition) is 10. The number of nitrogen functional groups attached to an aromatic ring is 1. The van der Waals surface area contributed by atoms with Crippen molar-refractivity contribution >= 4 is 40.7 Å². The first-order valence-electron chi connectivity index (χ1n) is 10.9. The SMILES string of the molecule is COc1ccc(-n2cccc(Nc3cc(N(C)C(=O)OC(C)(C)C)c(N)c(C(=O)C(=O)O)n3)c2=O)nc1. The molecule has 0 aliphatic carbocycles. The summed E-state index contributed by atoms with van der Waals surface area (Å²) < 4.78 is 11.7. The Labute approximate surface area is 211 Å². The van der Waals surface area contributed by atoms with Crippen LogP contribution in [0.15, 0.2) is 47.5 Å². The average molecular weight is 511 g/mol. The van der Waals surface area contributed by atoms with E-state index < -0.39 is 34.7 Å². The van der Waals surface area contributed by atoms with Crippen molar-refractivity contribution in [2.24, 2.45) is 0 Å². The highest BCUT2D eigenvalue weighted by atomic mass is 16.6. The van der Waals surface area contributed by atoms with E-state index in [4.69, 9.17) is 15.2 Å². The quantitative estimate of drug-likeness (QED) is 0.314. The Morgan fingerprint density at radius 3 is 2.46 bits per heavy atom. The maximum absolute atomic E-state index is 13.1. The van der Waals surface area contributed by atoms with Crippen molar-refractivity contribution < 1.29 is 29.0 Å². The molecule has 0 saturated heterocycles. The number of carbonyl (C=O) groups excluding carboxylic acids is 2. The minimum absolute atomic E-state index is 0.0250. The maximum atomic E-state index is 13.1. The fraction of sp³-hybridized carbons (Fsp3) is 0.250. The lowest BCUT2D eigenvalue weighted by atomic mass is 10.1. The van der Waals surface area contributed by atoms with E-state index in [0.29, 0.717) is 11.6 Å². The van der Waals surface area contributed by atoms with Crippen LogP contribution in [0.25, 0.3) is 5.82 Å². The Balaban J connectivity index is 2.07. The molecule has 0 unspecified atom stereocenters. The number of aliphatic carboxylic acids is 1. The minimum atomic E-state index is -1.80. The third-order valence-corrected chi connectivity index (χ3v) is 4.89. The van der Waals surface area contributed by atoms with Gasteiger partial charge in [0.25, 0.3) is 11.3 Å². The summed E-state index contributed by atoms with van der Waals surface area (Å²) in [6, 6.07) is 7.54. The van der Waals surface area contributed by atoms with E-state index in [1.165, 1.54) is 43.3 Å². The van der Waals surface area contributed by atoms with Crippen LogP contribution in [0.5, 0.6) is 5.75 Å². The summed E-state index contributed by atoms with van der Waals surface area (Å²) >= 11 is 0. The number of hydrogen-bond donors (Lipinski definition) is 3. The molecular weight excluding hydrogens is 484 g/mol. The first-order valence-corrected chi connectivity index (χ1v) is 10.9. The van der Waals surface area contributed by atoms with E-state index in [-0.39, 0.29) is 22.9 Å². The number of nitrogens with zero attached hydrogens (tertiary/aromatic N) is 4. The molecule has 0 spiro atoms. The number of pyridine rings is 3. The Morgan fingerprint density at radius 1 is 1.19 bits per heavy atom. The lowest BCUT2D eigenvalue weighted by Gasteiger charge is -2.26. The number of nitrogens with one attached hydrogen (secondary N) is 1. The molecule has 4 N–H and O–H groups in total. The number of ether oxygens (including phenoxy) is 2. The van der Waals surface area contributed by atoms with E-state index in [1.807, 2.05) is 0 Å². The largest absolute Gasteiger partial charge is 0.495 e. The van der Waals surface area contributed by atoms with E-state index in [9.17, 15) is 24.3 Å². The molecule has 0 bridgehead atoms. The summed E-state index contributed by atoms with van der Waals surface area (Å²) in [7, 11) is 2.83. The van der Waals surface area contributed by atoms with Gasteiger partial charge in [0.1, 0.15) is 34.4 Å². The number of Topliss-reactive ketones (excluding diaryl/α,β-unsaturated/α-hetero) is 1. The average Bonchev–Trinajstić information content (AvgIpc) is 2.84. The van der Waals surface area contributed by atoms with Crippen LogP contribution in [0, 0.1) is 0 Å². The number of carbonyl (C=O) groups is 3. The summed E-state index contributed by atoms with van der Waals surface area (Å²) in [5.74, 6) is -2.48. The van der Waals surface area contributed by atoms with Gasteiger partial charge < -0.3 is 25.6 Å². The normalized spacial score (nSPS) is 10.9. The molecule has 0 atom stereocenters. The zero-order valence-electron chi connectivity index (χ0n) is 20.8. The van der Waals surface area contributed by atoms with E-state index in [2.05, 4.69) is 15.3 Å². The summed E-state index contributed by atoms with van der Waals surface area (Å²) in [5, 5.41) is 12.0. The molecule has 3 heterocycles. The lowest BCUT2D eigenvalue weighted by Crippen LogP contribution is -2.35. The predicted octanol–water partition coefficient (Wildman–Crippen LogP) is 2.60. The summed E-state index contributed by atoms with van der Waals surface area (Å²) in [6.45, 7) is 5.00. The highest BCUT2D eigenvalue weighted by molar-refractivity contribution is 6.40. The van der Waals surface area contributed by atoms with Gasteiger partial charge in [-0.1, -0.05) is 0 Å². The summed E-state index contributed by atoms with van der Waals surface area (Å²) in [4.78, 5) is 58.7. The molecule has 0 radical (unpaired) electrons. The number of methoxy groups -OCH3 is 1. The fourth-order valence-electron chi connectivity index (χ4n) is 3.13. The van der Waals surface area contributed by atoms with Crippen LogP contribution in [0.2, 0.25) is 0 Å². The molecule has 0 fully saturated rings. The molecular formula is C24H26N6O7.